The zero-order valence-electron chi connectivity index (χ0n) is 21.3. The first-order valence-electron chi connectivity index (χ1n) is 12.5. The lowest BCUT2D eigenvalue weighted by atomic mass is 9.98. The van der Waals surface area contributed by atoms with Crippen LogP contribution in [0.2, 0.25) is 0 Å². The molecule has 0 saturated carbocycles. The molecule has 0 N–H and O–H groups in total. The van der Waals surface area contributed by atoms with Crippen LogP contribution in [0, 0.1) is 17.2 Å². The van der Waals surface area contributed by atoms with Gasteiger partial charge in [0.1, 0.15) is 12.6 Å². The molecule has 0 bridgehead atoms. The minimum Gasteiger partial charge on any atom is -0.459 e. The molecule has 5 nitrogen and oxygen atoms in total. The summed E-state index contributed by atoms with van der Waals surface area (Å²) in [5, 5.41) is 9.43. The quantitative estimate of drug-likeness (QED) is 0.292. The molecule has 0 fully saturated rings. The second-order valence-corrected chi connectivity index (χ2v) is 9.26. The van der Waals surface area contributed by atoms with Crippen LogP contribution >= 0.6 is 0 Å². The number of hydrogen-bond donors (Lipinski definition) is 0. The molecule has 1 atom stereocenters. The maximum absolute atomic E-state index is 13.3. The summed E-state index contributed by atoms with van der Waals surface area (Å²) >= 11 is 0. The number of ether oxygens (including phenoxy) is 1. The fourth-order valence-corrected chi connectivity index (χ4v) is 4.21. The number of unbranched alkanes of at least 4 members (excludes halogenated alkanes) is 1. The van der Waals surface area contributed by atoms with E-state index in [2.05, 4.69) is 6.07 Å². The largest absolute Gasteiger partial charge is 0.459 e. The highest BCUT2D eigenvalue weighted by Gasteiger charge is 2.33. The minimum absolute atomic E-state index is 0.0499. The molecule has 0 heterocycles. The van der Waals surface area contributed by atoms with E-state index in [1.165, 1.54) is 0 Å². The highest BCUT2D eigenvalue weighted by atomic mass is 16.5. The van der Waals surface area contributed by atoms with Crippen molar-refractivity contribution in [2.24, 2.45) is 5.92 Å². The number of amides is 1. The molecule has 3 aromatic carbocycles. The Hall–Kier alpha value is -3.91. The average Bonchev–Trinajstić information content (AvgIpc) is 2.91. The van der Waals surface area contributed by atoms with Crippen molar-refractivity contribution in [3.05, 3.63) is 95.6 Å². The number of rotatable bonds is 11. The minimum atomic E-state index is -0.683. The molecule has 1 unspecified atom stereocenters. The summed E-state index contributed by atoms with van der Waals surface area (Å²) in [5.74, 6) is -0.551. The molecular weight excluding hydrogens is 448 g/mol. The van der Waals surface area contributed by atoms with Gasteiger partial charge in [-0.3, -0.25) is 4.79 Å². The molecular formula is C31H34N2O3. The number of carbonyl (C=O) groups is 2. The average molecular weight is 483 g/mol. The van der Waals surface area contributed by atoms with Gasteiger partial charge in [0.05, 0.1) is 11.6 Å². The molecule has 0 spiro atoms. The SMILES string of the molecule is CCCCC(=O)N(Cc1ccc(-c2ccccc2C#N)cc1)C(C(=O)OCc1ccccc1)C(C)C. The van der Waals surface area contributed by atoms with Crippen LogP contribution < -0.4 is 0 Å². The van der Waals surface area contributed by atoms with Crippen molar-refractivity contribution >= 4 is 11.9 Å². The van der Waals surface area contributed by atoms with Crippen molar-refractivity contribution < 1.29 is 14.3 Å². The van der Waals surface area contributed by atoms with Crippen LogP contribution in [0.25, 0.3) is 11.1 Å². The lowest BCUT2D eigenvalue weighted by Crippen LogP contribution is -2.48. The van der Waals surface area contributed by atoms with Gasteiger partial charge in [-0.2, -0.15) is 5.26 Å². The molecule has 0 saturated heterocycles. The Labute approximate surface area is 214 Å². The molecule has 5 heteroatoms. The molecule has 0 aliphatic rings. The van der Waals surface area contributed by atoms with Gasteiger partial charge in [0, 0.05) is 13.0 Å². The van der Waals surface area contributed by atoms with E-state index in [1.807, 2.05) is 93.6 Å². The third-order valence-electron chi connectivity index (χ3n) is 6.16. The van der Waals surface area contributed by atoms with Gasteiger partial charge >= 0.3 is 5.97 Å². The van der Waals surface area contributed by atoms with E-state index < -0.39 is 12.0 Å². The summed E-state index contributed by atoms with van der Waals surface area (Å²) in [4.78, 5) is 28.2. The van der Waals surface area contributed by atoms with Gasteiger partial charge in [-0.1, -0.05) is 100.0 Å². The molecule has 0 radical (unpaired) electrons. The van der Waals surface area contributed by atoms with Crippen molar-refractivity contribution in [1.82, 2.24) is 4.90 Å². The van der Waals surface area contributed by atoms with E-state index in [4.69, 9.17) is 4.74 Å². The standard InChI is InChI=1S/C31H34N2O3/c1-4-5-15-29(34)33(30(23(2)3)31(35)36-22-25-11-7-6-8-12-25)21-24-16-18-26(19-17-24)28-14-10-9-13-27(28)20-32/h6-14,16-19,23,30H,4-5,15,21-22H2,1-3H3. The Morgan fingerprint density at radius 1 is 0.917 bits per heavy atom. The maximum Gasteiger partial charge on any atom is 0.329 e. The van der Waals surface area contributed by atoms with E-state index in [0.29, 0.717) is 18.5 Å². The highest BCUT2D eigenvalue weighted by molar-refractivity contribution is 5.85. The van der Waals surface area contributed by atoms with Crippen LogP contribution in [0.15, 0.2) is 78.9 Å². The lowest BCUT2D eigenvalue weighted by Gasteiger charge is -2.33. The Balaban J connectivity index is 1.83. The lowest BCUT2D eigenvalue weighted by molar-refractivity contribution is -0.159. The normalized spacial score (nSPS) is 11.5. The van der Waals surface area contributed by atoms with Gasteiger partial charge < -0.3 is 9.64 Å². The summed E-state index contributed by atoms with van der Waals surface area (Å²) in [6.45, 7) is 6.41. The first kappa shape index (κ1) is 26.7. The molecule has 1 amide bonds. The molecule has 0 aliphatic heterocycles. The van der Waals surface area contributed by atoms with Crippen LogP contribution in [0.5, 0.6) is 0 Å². The number of nitrogens with zero attached hydrogens (tertiary/aromatic N) is 2. The Kier molecular flexibility index (Phi) is 9.82. The summed E-state index contributed by atoms with van der Waals surface area (Å²) in [5.41, 5.74) is 4.24. The van der Waals surface area contributed by atoms with Gasteiger partial charge in [0.25, 0.3) is 0 Å². The number of hydrogen-bond acceptors (Lipinski definition) is 4. The first-order valence-corrected chi connectivity index (χ1v) is 12.5. The van der Waals surface area contributed by atoms with Crippen LogP contribution in [-0.2, 0) is 27.5 Å². The van der Waals surface area contributed by atoms with Gasteiger partial charge in [0.2, 0.25) is 5.91 Å². The highest BCUT2D eigenvalue weighted by Crippen LogP contribution is 2.25. The number of esters is 1. The zero-order valence-corrected chi connectivity index (χ0v) is 21.3. The number of carbonyl (C=O) groups excluding carboxylic acids is 2. The monoisotopic (exact) mass is 482 g/mol. The molecule has 3 aromatic rings. The molecule has 3 rings (SSSR count). The van der Waals surface area contributed by atoms with Crippen LogP contribution in [0.1, 0.15) is 56.7 Å². The first-order chi connectivity index (χ1) is 17.4. The molecule has 0 aromatic heterocycles. The molecule has 0 aliphatic carbocycles. The third-order valence-corrected chi connectivity index (χ3v) is 6.16. The van der Waals surface area contributed by atoms with E-state index in [-0.39, 0.29) is 18.4 Å². The predicted molar refractivity (Wildman–Crippen MR) is 142 cm³/mol. The number of nitriles is 1. The van der Waals surface area contributed by atoms with Gasteiger partial charge in [0.15, 0.2) is 0 Å². The van der Waals surface area contributed by atoms with Gasteiger partial charge in [-0.15, -0.1) is 0 Å². The van der Waals surface area contributed by atoms with Crippen LogP contribution in [0.3, 0.4) is 0 Å². The Morgan fingerprint density at radius 2 is 1.58 bits per heavy atom. The van der Waals surface area contributed by atoms with E-state index in [0.717, 1.165) is 35.1 Å². The van der Waals surface area contributed by atoms with E-state index in [9.17, 15) is 14.9 Å². The zero-order chi connectivity index (χ0) is 25.9. The van der Waals surface area contributed by atoms with Crippen LogP contribution in [0.4, 0.5) is 0 Å². The summed E-state index contributed by atoms with van der Waals surface area (Å²) in [7, 11) is 0. The van der Waals surface area contributed by atoms with Crippen molar-refractivity contribution in [2.45, 2.75) is 59.2 Å². The van der Waals surface area contributed by atoms with Gasteiger partial charge in [-0.05, 0) is 40.7 Å². The van der Waals surface area contributed by atoms with E-state index in [1.54, 1.807) is 11.0 Å². The molecule has 36 heavy (non-hydrogen) atoms. The third kappa shape index (κ3) is 7.05. The maximum atomic E-state index is 13.3. The predicted octanol–water partition coefficient (Wildman–Crippen LogP) is 6.51. The van der Waals surface area contributed by atoms with Crippen LogP contribution in [-0.4, -0.2) is 22.8 Å². The van der Waals surface area contributed by atoms with Crippen molar-refractivity contribution in [3.8, 4) is 17.2 Å². The van der Waals surface area contributed by atoms with E-state index >= 15 is 0 Å². The smallest absolute Gasteiger partial charge is 0.329 e. The summed E-state index contributed by atoms with van der Waals surface area (Å²) < 4.78 is 5.66. The number of benzene rings is 3. The Morgan fingerprint density at radius 3 is 2.22 bits per heavy atom. The molecule has 186 valence electrons. The van der Waals surface area contributed by atoms with Crippen molar-refractivity contribution in [3.63, 3.8) is 0 Å². The van der Waals surface area contributed by atoms with Gasteiger partial charge in [-0.25, -0.2) is 4.79 Å². The summed E-state index contributed by atoms with van der Waals surface area (Å²) in [6, 6.07) is 26.4. The van der Waals surface area contributed by atoms with Crippen molar-refractivity contribution in [2.75, 3.05) is 0 Å². The summed E-state index contributed by atoms with van der Waals surface area (Å²) in [6.07, 6.45) is 2.06. The second-order valence-electron chi connectivity index (χ2n) is 9.26. The second kappa shape index (κ2) is 13.3. The fourth-order valence-electron chi connectivity index (χ4n) is 4.21. The van der Waals surface area contributed by atoms with Crippen molar-refractivity contribution in [1.29, 1.82) is 5.26 Å². The topological polar surface area (TPSA) is 70.4 Å². The Bertz CT molecular complexity index is 1180. The fraction of sp³-hybridized carbons (Fsp3) is 0.323.